The maximum absolute atomic E-state index is 13.5. The molecule has 0 amide bonds. The Kier molecular flexibility index (Phi) is 5.28. The second kappa shape index (κ2) is 7.20. The zero-order valence-corrected chi connectivity index (χ0v) is 13.0. The number of allylic oxidation sites excluding steroid dienone is 1. The predicted molar refractivity (Wildman–Crippen MR) is 83.2 cm³/mol. The lowest BCUT2D eigenvalue weighted by atomic mass is 10.1. The van der Waals surface area contributed by atoms with Gasteiger partial charge in [-0.1, -0.05) is 6.07 Å². The second-order valence-corrected chi connectivity index (χ2v) is 5.40. The van der Waals surface area contributed by atoms with Crippen molar-refractivity contribution in [2.24, 2.45) is 16.5 Å². The molecule has 8 heteroatoms. The van der Waals surface area contributed by atoms with Crippen LogP contribution in [0.4, 0.5) is 8.78 Å². The number of hydrogen-bond donors (Lipinski definition) is 2. The van der Waals surface area contributed by atoms with Gasteiger partial charge in [0.25, 0.3) is 0 Å². The van der Waals surface area contributed by atoms with Crippen molar-refractivity contribution in [2.75, 3.05) is 6.61 Å². The SMILES string of the molecule is CC(N)=C(C(=O)OCC(=O)c1c(F)cccc1F)C(N)=NC1CC1. The highest BCUT2D eigenvalue weighted by Gasteiger charge is 2.25. The molecule has 0 unspecified atom stereocenters. The molecule has 0 saturated heterocycles. The molecular formula is C16H17F2N3O3. The summed E-state index contributed by atoms with van der Waals surface area (Å²) in [6.45, 7) is 0.592. The molecule has 128 valence electrons. The van der Waals surface area contributed by atoms with Crippen molar-refractivity contribution in [1.82, 2.24) is 0 Å². The van der Waals surface area contributed by atoms with Crippen LogP contribution in [0.1, 0.15) is 30.1 Å². The van der Waals surface area contributed by atoms with Gasteiger partial charge in [0.05, 0.1) is 11.6 Å². The predicted octanol–water partition coefficient (Wildman–Crippen LogP) is 1.44. The van der Waals surface area contributed by atoms with Gasteiger partial charge in [0.2, 0.25) is 5.78 Å². The van der Waals surface area contributed by atoms with Crippen LogP contribution >= 0.6 is 0 Å². The van der Waals surface area contributed by atoms with Gasteiger partial charge in [0.15, 0.2) is 6.61 Å². The largest absolute Gasteiger partial charge is 0.454 e. The van der Waals surface area contributed by atoms with Gasteiger partial charge in [-0.2, -0.15) is 0 Å². The van der Waals surface area contributed by atoms with Crippen LogP contribution in [0, 0.1) is 11.6 Å². The highest BCUT2D eigenvalue weighted by molar-refractivity contribution is 6.19. The molecule has 0 aromatic heterocycles. The molecule has 1 fully saturated rings. The van der Waals surface area contributed by atoms with Crippen molar-refractivity contribution in [3.05, 3.63) is 46.7 Å². The van der Waals surface area contributed by atoms with E-state index in [2.05, 4.69) is 4.99 Å². The number of carbonyl (C=O) groups excluding carboxylic acids is 2. The molecule has 1 aromatic carbocycles. The molecule has 0 heterocycles. The number of nitrogens with two attached hydrogens (primary N) is 2. The summed E-state index contributed by atoms with van der Waals surface area (Å²) in [6, 6.07) is 3.06. The fraction of sp³-hybridized carbons (Fsp3) is 0.312. The average molecular weight is 337 g/mol. The van der Waals surface area contributed by atoms with Gasteiger partial charge in [-0.15, -0.1) is 0 Å². The third-order valence-corrected chi connectivity index (χ3v) is 3.30. The number of ketones is 1. The summed E-state index contributed by atoms with van der Waals surface area (Å²) >= 11 is 0. The molecule has 4 N–H and O–H groups in total. The fourth-order valence-corrected chi connectivity index (χ4v) is 1.97. The van der Waals surface area contributed by atoms with Gasteiger partial charge in [-0.05, 0) is 31.9 Å². The maximum atomic E-state index is 13.5. The minimum Gasteiger partial charge on any atom is -0.454 e. The maximum Gasteiger partial charge on any atom is 0.344 e. The molecule has 0 aliphatic heterocycles. The quantitative estimate of drug-likeness (QED) is 0.268. The van der Waals surface area contributed by atoms with E-state index in [4.69, 9.17) is 16.2 Å². The summed E-state index contributed by atoms with van der Waals surface area (Å²) in [5.74, 6) is -4.12. The smallest absolute Gasteiger partial charge is 0.344 e. The van der Waals surface area contributed by atoms with Crippen molar-refractivity contribution >= 4 is 17.6 Å². The average Bonchev–Trinajstić information content (AvgIpc) is 3.28. The van der Waals surface area contributed by atoms with Crippen LogP contribution in [0.25, 0.3) is 0 Å². The van der Waals surface area contributed by atoms with Crippen LogP contribution in [0.15, 0.2) is 34.5 Å². The first-order chi connectivity index (χ1) is 11.3. The molecule has 1 aliphatic carbocycles. The standard InChI is InChI=1S/C16H17F2N3O3/c1-8(19)13(15(20)21-9-5-6-9)16(23)24-7-12(22)14-10(17)3-2-4-11(14)18/h2-4,9H,5-7,19H2,1H3,(H2,20,21). The molecule has 0 bridgehead atoms. The van der Waals surface area contributed by atoms with E-state index in [0.717, 1.165) is 31.0 Å². The molecule has 1 saturated carbocycles. The van der Waals surface area contributed by atoms with E-state index < -0.39 is 35.6 Å². The molecule has 0 spiro atoms. The lowest BCUT2D eigenvalue weighted by molar-refractivity contribution is -0.137. The van der Waals surface area contributed by atoms with Crippen molar-refractivity contribution in [1.29, 1.82) is 0 Å². The highest BCUT2D eigenvalue weighted by Crippen LogP contribution is 2.24. The Morgan fingerprint density at radius 3 is 2.33 bits per heavy atom. The number of ether oxygens (including phenoxy) is 1. The van der Waals surface area contributed by atoms with Crippen molar-refractivity contribution in [3.63, 3.8) is 0 Å². The number of amidine groups is 1. The summed E-state index contributed by atoms with van der Waals surface area (Å²) in [7, 11) is 0. The zero-order chi connectivity index (χ0) is 17.9. The number of nitrogens with zero attached hydrogens (tertiary/aromatic N) is 1. The minimum absolute atomic E-state index is 0.0568. The third kappa shape index (κ3) is 4.15. The third-order valence-electron chi connectivity index (χ3n) is 3.30. The molecular weight excluding hydrogens is 320 g/mol. The number of benzene rings is 1. The van der Waals surface area contributed by atoms with Crippen LogP contribution in [0.5, 0.6) is 0 Å². The second-order valence-electron chi connectivity index (χ2n) is 5.40. The monoisotopic (exact) mass is 337 g/mol. The summed E-state index contributed by atoms with van der Waals surface area (Å²) in [5, 5.41) is 0. The van der Waals surface area contributed by atoms with Gasteiger partial charge < -0.3 is 16.2 Å². The summed E-state index contributed by atoms with van der Waals surface area (Å²) in [4.78, 5) is 28.0. The van der Waals surface area contributed by atoms with Gasteiger partial charge in [-0.25, -0.2) is 13.6 Å². The Balaban J connectivity index is 2.08. The summed E-state index contributed by atoms with van der Waals surface area (Å²) < 4.78 is 31.8. The molecule has 0 radical (unpaired) electrons. The van der Waals surface area contributed by atoms with E-state index in [-0.39, 0.29) is 23.1 Å². The van der Waals surface area contributed by atoms with E-state index >= 15 is 0 Å². The Labute approximate surface area is 137 Å². The minimum atomic E-state index is -1.03. The van der Waals surface area contributed by atoms with Crippen molar-refractivity contribution in [3.8, 4) is 0 Å². The van der Waals surface area contributed by atoms with Crippen LogP contribution < -0.4 is 11.5 Å². The molecule has 1 aromatic rings. The van der Waals surface area contributed by atoms with E-state index in [1.54, 1.807) is 0 Å². The van der Waals surface area contributed by atoms with Crippen LogP contribution in [0.3, 0.4) is 0 Å². The van der Waals surface area contributed by atoms with Crippen molar-refractivity contribution in [2.45, 2.75) is 25.8 Å². The van der Waals surface area contributed by atoms with Gasteiger partial charge in [-0.3, -0.25) is 9.79 Å². The first-order valence-electron chi connectivity index (χ1n) is 7.25. The van der Waals surface area contributed by atoms with Gasteiger partial charge in [0.1, 0.15) is 23.0 Å². The van der Waals surface area contributed by atoms with E-state index in [0.29, 0.717) is 0 Å². The Bertz CT molecular complexity index is 716. The molecule has 0 atom stereocenters. The lowest BCUT2D eigenvalue weighted by Crippen LogP contribution is -2.28. The molecule has 2 rings (SSSR count). The Morgan fingerprint density at radius 2 is 1.83 bits per heavy atom. The number of rotatable bonds is 6. The first-order valence-corrected chi connectivity index (χ1v) is 7.25. The number of esters is 1. The Morgan fingerprint density at radius 1 is 1.25 bits per heavy atom. The van der Waals surface area contributed by atoms with Crippen molar-refractivity contribution < 1.29 is 23.1 Å². The number of Topliss-reactive ketones (excluding diaryl/α,β-unsaturated/α-hetero) is 1. The molecule has 1 aliphatic rings. The van der Waals surface area contributed by atoms with Gasteiger partial charge in [0, 0.05) is 5.70 Å². The van der Waals surface area contributed by atoms with Crippen LogP contribution in [-0.4, -0.2) is 30.2 Å². The van der Waals surface area contributed by atoms with E-state index in [1.165, 1.54) is 6.92 Å². The fourth-order valence-electron chi connectivity index (χ4n) is 1.97. The van der Waals surface area contributed by atoms with Crippen LogP contribution in [0.2, 0.25) is 0 Å². The Hall–Kier alpha value is -2.77. The highest BCUT2D eigenvalue weighted by atomic mass is 19.1. The number of aliphatic imine (C=N–C) groups is 1. The lowest BCUT2D eigenvalue weighted by Gasteiger charge is -2.10. The van der Waals surface area contributed by atoms with Crippen LogP contribution in [-0.2, 0) is 9.53 Å². The van der Waals surface area contributed by atoms with Gasteiger partial charge >= 0.3 is 5.97 Å². The first kappa shape index (κ1) is 17.6. The molecule has 6 nitrogen and oxygen atoms in total. The molecule has 24 heavy (non-hydrogen) atoms. The zero-order valence-electron chi connectivity index (χ0n) is 13.0. The van der Waals surface area contributed by atoms with E-state index in [1.807, 2.05) is 0 Å². The number of carbonyl (C=O) groups is 2. The summed E-state index contributed by atoms with van der Waals surface area (Å²) in [6.07, 6.45) is 1.75. The topological polar surface area (TPSA) is 108 Å². The normalized spacial score (nSPS) is 15.7. The number of hydrogen-bond acceptors (Lipinski definition) is 5. The summed E-state index contributed by atoms with van der Waals surface area (Å²) in [5.41, 5.74) is 10.5. The van der Waals surface area contributed by atoms with E-state index in [9.17, 15) is 18.4 Å². The number of halogens is 2.